The predicted molar refractivity (Wildman–Crippen MR) is 66.3 cm³/mol. The molecule has 0 N–H and O–H groups in total. The molecule has 0 bridgehead atoms. The zero-order valence-electron chi connectivity index (χ0n) is 10.9. The Bertz CT molecular complexity index is 443. The summed E-state index contributed by atoms with van der Waals surface area (Å²) in [6.07, 6.45) is -1.16. The highest BCUT2D eigenvalue weighted by Crippen LogP contribution is 2.41. The molecule has 0 aromatic carbocycles. The molecule has 0 unspecified atom stereocenters. The topological polar surface area (TPSA) is 57.7 Å². The first-order valence-corrected chi connectivity index (χ1v) is 6.75. The number of thiazole rings is 1. The molecule has 1 aliphatic heterocycles. The number of rotatable bonds is 3. The molecule has 1 saturated heterocycles. The summed E-state index contributed by atoms with van der Waals surface area (Å²) in [6, 6.07) is 0. The van der Waals surface area contributed by atoms with Crippen LogP contribution < -0.4 is 0 Å². The molecule has 1 aromatic rings. The zero-order chi connectivity index (χ0) is 13.3. The zero-order valence-corrected chi connectivity index (χ0v) is 11.7. The van der Waals surface area contributed by atoms with Crippen LogP contribution in [0.1, 0.15) is 37.4 Å². The number of carbonyl (C=O) groups is 1. The van der Waals surface area contributed by atoms with E-state index in [1.165, 1.54) is 11.3 Å². The van der Waals surface area contributed by atoms with Crippen LogP contribution in [-0.4, -0.2) is 29.5 Å². The lowest BCUT2D eigenvalue weighted by Gasteiger charge is -2.16. The summed E-state index contributed by atoms with van der Waals surface area (Å²) in [5, 5.41) is 0. The molecule has 0 radical (unpaired) electrons. The summed E-state index contributed by atoms with van der Waals surface area (Å²) in [6.45, 7) is 7.56. The second kappa shape index (κ2) is 4.95. The molecule has 0 spiro atoms. The van der Waals surface area contributed by atoms with Gasteiger partial charge in [0.2, 0.25) is 0 Å². The smallest absolute Gasteiger partial charge is 0.338 e. The summed E-state index contributed by atoms with van der Waals surface area (Å²) >= 11 is 1.46. The highest BCUT2D eigenvalue weighted by Gasteiger charge is 2.48. The number of nitrogens with zero attached hydrogens (tertiary/aromatic N) is 1. The van der Waals surface area contributed by atoms with Crippen LogP contribution in [0.5, 0.6) is 0 Å². The Labute approximate surface area is 110 Å². The van der Waals surface area contributed by atoms with Crippen molar-refractivity contribution in [3.05, 3.63) is 16.1 Å². The van der Waals surface area contributed by atoms with E-state index in [1.54, 1.807) is 26.3 Å². The standard InChI is InChI=1S/C12H17NO4S/c1-5-15-11(14)9-8(16-12(3,4)17-9)10-7(2)13-6-18-10/h6,8-9H,5H2,1-4H3/t8-,9-/m1/s1. The van der Waals surface area contributed by atoms with Gasteiger partial charge in [0.05, 0.1) is 22.7 Å². The minimum Gasteiger partial charge on any atom is -0.464 e. The van der Waals surface area contributed by atoms with Gasteiger partial charge >= 0.3 is 5.97 Å². The minimum atomic E-state index is -0.793. The third-order valence-electron chi connectivity index (χ3n) is 2.66. The molecular formula is C12H17NO4S. The Kier molecular flexibility index (Phi) is 3.70. The quantitative estimate of drug-likeness (QED) is 0.789. The number of esters is 1. The van der Waals surface area contributed by atoms with Gasteiger partial charge in [-0.2, -0.15) is 0 Å². The molecule has 6 heteroatoms. The molecule has 18 heavy (non-hydrogen) atoms. The van der Waals surface area contributed by atoms with E-state index >= 15 is 0 Å². The molecule has 100 valence electrons. The van der Waals surface area contributed by atoms with Gasteiger partial charge in [0, 0.05) is 0 Å². The van der Waals surface area contributed by atoms with Gasteiger partial charge in [-0.05, 0) is 27.7 Å². The molecule has 1 aromatic heterocycles. The van der Waals surface area contributed by atoms with Crippen molar-refractivity contribution in [3.63, 3.8) is 0 Å². The van der Waals surface area contributed by atoms with Crippen molar-refractivity contribution in [2.75, 3.05) is 6.61 Å². The number of hydrogen-bond acceptors (Lipinski definition) is 6. The van der Waals surface area contributed by atoms with Gasteiger partial charge in [0.15, 0.2) is 11.9 Å². The molecule has 2 rings (SSSR count). The molecule has 0 amide bonds. The highest BCUT2D eigenvalue weighted by molar-refractivity contribution is 7.09. The Balaban J connectivity index is 2.26. The van der Waals surface area contributed by atoms with Gasteiger partial charge in [-0.25, -0.2) is 9.78 Å². The van der Waals surface area contributed by atoms with E-state index < -0.39 is 18.0 Å². The normalized spacial score (nSPS) is 26.2. The van der Waals surface area contributed by atoms with E-state index in [-0.39, 0.29) is 5.97 Å². The van der Waals surface area contributed by atoms with Crippen LogP contribution in [0.4, 0.5) is 0 Å². The number of hydrogen-bond donors (Lipinski definition) is 0. The lowest BCUT2D eigenvalue weighted by molar-refractivity contribution is -0.170. The third kappa shape index (κ3) is 2.55. The second-order valence-electron chi connectivity index (χ2n) is 4.53. The van der Waals surface area contributed by atoms with Gasteiger partial charge in [-0.3, -0.25) is 0 Å². The third-order valence-corrected chi connectivity index (χ3v) is 3.65. The predicted octanol–water partition coefficient (Wildman–Crippen LogP) is 2.21. The molecule has 1 aliphatic rings. The van der Waals surface area contributed by atoms with Crippen LogP contribution in [-0.2, 0) is 19.0 Å². The summed E-state index contributed by atoms with van der Waals surface area (Å²) in [5.74, 6) is -1.18. The number of aromatic nitrogens is 1. The fourth-order valence-corrected chi connectivity index (χ4v) is 2.79. The largest absolute Gasteiger partial charge is 0.464 e. The van der Waals surface area contributed by atoms with Crippen molar-refractivity contribution in [1.82, 2.24) is 4.98 Å². The van der Waals surface area contributed by atoms with Crippen molar-refractivity contribution >= 4 is 17.3 Å². The second-order valence-corrected chi connectivity index (χ2v) is 5.42. The SMILES string of the molecule is CCOC(=O)[C@@H]1OC(C)(C)O[C@H]1c1scnc1C. The maximum atomic E-state index is 11.9. The maximum Gasteiger partial charge on any atom is 0.338 e. The van der Waals surface area contributed by atoms with Crippen molar-refractivity contribution in [1.29, 1.82) is 0 Å². The average molecular weight is 271 g/mol. The van der Waals surface area contributed by atoms with Gasteiger partial charge in [-0.1, -0.05) is 0 Å². The van der Waals surface area contributed by atoms with E-state index in [0.717, 1.165) is 10.6 Å². The Morgan fingerprint density at radius 3 is 2.83 bits per heavy atom. The van der Waals surface area contributed by atoms with Crippen LogP contribution >= 0.6 is 11.3 Å². The first-order chi connectivity index (χ1) is 8.44. The van der Waals surface area contributed by atoms with E-state index in [0.29, 0.717) is 6.61 Å². The Hall–Kier alpha value is -0.980. The summed E-state index contributed by atoms with van der Waals surface area (Å²) in [7, 11) is 0. The van der Waals surface area contributed by atoms with Crippen LogP contribution in [0.2, 0.25) is 0 Å². The lowest BCUT2D eigenvalue weighted by Crippen LogP contribution is -2.29. The minimum absolute atomic E-state index is 0.327. The number of aryl methyl sites for hydroxylation is 1. The van der Waals surface area contributed by atoms with Crippen molar-refractivity contribution in [3.8, 4) is 0 Å². The first kappa shape index (κ1) is 13.5. The Morgan fingerprint density at radius 1 is 1.56 bits per heavy atom. The molecular weight excluding hydrogens is 254 g/mol. The van der Waals surface area contributed by atoms with Crippen LogP contribution in [0.15, 0.2) is 5.51 Å². The number of ether oxygens (including phenoxy) is 3. The molecule has 1 fully saturated rings. The summed E-state index contributed by atoms with van der Waals surface area (Å²) < 4.78 is 16.5. The molecule has 2 atom stereocenters. The van der Waals surface area contributed by atoms with Crippen molar-refractivity contribution in [2.24, 2.45) is 0 Å². The average Bonchev–Trinajstić information content (AvgIpc) is 2.82. The van der Waals surface area contributed by atoms with Crippen LogP contribution in [0, 0.1) is 6.92 Å². The first-order valence-electron chi connectivity index (χ1n) is 5.87. The van der Waals surface area contributed by atoms with Gasteiger partial charge < -0.3 is 14.2 Å². The molecule has 0 saturated carbocycles. The van der Waals surface area contributed by atoms with Crippen molar-refractivity contribution in [2.45, 2.75) is 45.7 Å². The Morgan fingerprint density at radius 2 is 2.28 bits per heavy atom. The van der Waals surface area contributed by atoms with Gasteiger partial charge in [-0.15, -0.1) is 11.3 Å². The fourth-order valence-electron chi connectivity index (χ4n) is 1.93. The summed E-state index contributed by atoms with van der Waals surface area (Å²) in [5.41, 5.74) is 2.60. The van der Waals surface area contributed by atoms with Gasteiger partial charge in [0.1, 0.15) is 6.10 Å². The highest BCUT2D eigenvalue weighted by atomic mass is 32.1. The van der Waals surface area contributed by atoms with Crippen LogP contribution in [0.3, 0.4) is 0 Å². The van der Waals surface area contributed by atoms with Crippen molar-refractivity contribution < 1.29 is 19.0 Å². The van der Waals surface area contributed by atoms with Gasteiger partial charge in [0.25, 0.3) is 0 Å². The maximum absolute atomic E-state index is 11.9. The lowest BCUT2D eigenvalue weighted by atomic mass is 10.1. The molecule has 5 nitrogen and oxygen atoms in total. The molecule has 2 heterocycles. The fraction of sp³-hybridized carbons (Fsp3) is 0.667. The number of carbonyl (C=O) groups excluding carboxylic acids is 1. The van der Waals surface area contributed by atoms with E-state index in [9.17, 15) is 4.79 Å². The van der Waals surface area contributed by atoms with E-state index in [4.69, 9.17) is 14.2 Å². The monoisotopic (exact) mass is 271 g/mol. The van der Waals surface area contributed by atoms with E-state index in [2.05, 4.69) is 4.98 Å². The van der Waals surface area contributed by atoms with Crippen LogP contribution in [0.25, 0.3) is 0 Å². The molecule has 0 aliphatic carbocycles. The van der Waals surface area contributed by atoms with E-state index in [1.807, 2.05) is 6.92 Å². The summed E-state index contributed by atoms with van der Waals surface area (Å²) in [4.78, 5) is 17.0.